The molecular weight excluding hydrogens is 650 g/mol. The summed E-state index contributed by atoms with van der Waals surface area (Å²) in [5.74, 6) is -0.148. The zero-order valence-electron chi connectivity index (χ0n) is 25.9. The Morgan fingerprint density at radius 2 is 0.812 bits per heavy atom. The number of halogens is 1. The Morgan fingerprint density at radius 1 is 0.333 bits per heavy atom. The van der Waals surface area contributed by atoms with Crippen LogP contribution in [0, 0.1) is 5.82 Å². The van der Waals surface area contributed by atoms with Crippen LogP contribution in [0.2, 0.25) is 0 Å². The van der Waals surface area contributed by atoms with Crippen molar-refractivity contribution in [2.75, 3.05) is 0 Å². The second kappa shape index (κ2) is 10.8. The van der Waals surface area contributed by atoms with Gasteiger partial charge in [-0.2, -0.15) is 0 Å². The molecule has 0 aliphatic rings. The molecule has 0 aliphatic carbocycles. The Hall–Kier alpha value is -5.53. The summed E-state index contributed by atoms with van der Waals surface area (Å²) in [6, 6.07) is 58.1. The molecule has 1 heterocycles. The fraction of sp³-hybridized carbons (Fsp3) is 0. The van der Waals surface area contributed by atoms with Gasteiger partial charge in [0.15, 0.2) is 0 Å². The van der Waals surface area contributed by atoms with Crippen molar-refractivity contribution in [1.82, 2.24) is 0 Å². The van der Waals surface area contributed by atoms with E-state index >= 15 is 4.39 Å². The first kappa shape index (κ1) is 27.6. The maximum atomic E-state index is 15.7. The zero-order valence-corrected chi connectivity index (χ0v) is 27.6. The van der Waals surface area contributed by atoms with E-state index in [4.69, 9.17) is 0 Å². The van der Waals surface area contributed by atoms with Gasteiger partial charge in [0, 0.05) is 0 Å². The Labute approximate surface area is 283 Å². The third kappa shape index (κ3) is 4.00. The molecule has 10 aromatic rings. The minimum absolute atomic E-state index is 0.137. The summed E-state index contributed by atoms with van der Waals surface area (Å²) < 4.78 is 18.5. The van der Waals surface area contributed by atoms with Crippen molar-refractivity contribution in [3.63, 3.8) is 0 Å². The van der Waals surface area contributed by atoms with Crippen LogP contribution in [0.25, 0.3) is 95.8 Å². The van der Waals surface area contributed by atoms with Crippen LogP contribution in [-0.2, 0) is 0 Å². The van der Waals surface area contributed by atoms with Crippen molar-refractivity contribution < 1.29 is 4.39 Å². The second-order valence-corrected chi connectivity index (χ2v) is 14.8. The van der Waals surface area contributed by atoms with E-state index in [1.54, 1.807) is 0 Å². The van der Waals surface area contributed by atoms with E-state index in [1.807, 2.05) is 36.4 Å². The third-order valence-corrected chi connectivity index (χ3v) is 12.3. The van der Waals surface area contributed by atoms with Crippen molar-refractivity contribution in [2.24, 2.45) is 0 Å². The van der Waals surface area contributed by atoms with Gasteiger partial charge in [0.1, 0.15) is 0 Å². The van der Waals surface area contributed by atoms with Gasteiger partial charge in [0.05, 0.1) is 0 Å². The molecule has 0 nitrogen and oxygen atoms in total. The summed E-state index contributed by atoms with van der Waals surface area (Å²) in [6.45, 7) is 0. The van der Waals surface area contributed by atoms with Gasteiger partial charge < -0.3 is 0 Å². The Balaban J connectivity index is 1.27. The van der Waals surface area contributed by atoms with E-state index in [9.17, 15) is 0 Å². The molecule has 0 fully saturated rings. The number of benzene rings is 9. The van der Waals surface area contributed by atoms with Crippen LogP contribution in [-0.4, -0.2) is 14.5 Å². The molecule has 10 rings (SSSR count). The standard InChI is InChI=1S/C46H27FSe/c47-46-36-21-10-8-19-34(36)43(35-20-9-11-22-37(35)46)29-25-26-38-41(27-29)48-40-24-12-23-39(45(38)40)44-32-17-6-4-15-30(32)42(28-13-2-1-3-14-28)31-16-5-7-18-33(31)44/h1-27H. The number of rotatable bonds is 3. The molecule has 0 N–H and O–H groups in total. The number of hydrogen-bond acceptors (Lipinski definition) is 0. The van der Waals surface area contributed by atoms with Gasteiger partial charge in [-0.3, -0.25) is 0 Å². The van der Waals surface area contributed by atoms with Gasteiger partial charge >= 0.3 is 284 Å². The van der Waals surface area contributed by atoms with E-state index in [0.717, 1.165) is 21.9 Å². The summed E-state index contributed by atoms with van der Waals surface area (Å²) >= 11 is 0.137. The molecule has 0 radical (unpaired) electrons. The van der Waals surface area contributed by atoms with E-state index < -0.39 is 0 Å². The molecule has 0 aliphatic heterocycles. The molecule has 48 heavy (non-hydrogen) atoms. The summed E-state index contributed by atoms with van der Waals surface area (Å²) in [5, 5.41) is 11.0. The Morgan fingerprint density at radius 3 is 1.40 bits per heavy atom. The maximum absolute atomic E-state index is 15.7. The van der Waals surface area contributed by atoms with E-state index in [2.05, 4.69) is 127 Å². The van der Waals surface area contributed by atoms with Crippen LogP contribution in [0.5, 0.6) is 0 Å². The number of fused-ring (bicyclic) bond motifs is 7. The van der Waals surface area contributed by atoms with Gasteiger partial charge in [0.2, 0.25) is 0 Å². The summed E-state index contributed by atoms with van der Waals surface area (Å²) in [5.41, 5.74) is 7.33. The van der Waals surface area contributed by atoms with Crippen molar-refractivity contribution in [3.05, 3.63) is 170 Å². The molecule has 0 atom stereocenters. The molecule has 224 valence electrons. The molecule has 0 bridgehead atoms. The van der Waals surface area contributed by atoms with E-state index in [1.165, 1.54) is 63.1 Å². The second-order valence-electron chi connectivity index (χ2n) is 12.5. The summed E-state index contributed by atoms with van der Waals surface area (Å²) in [7, 11) is 0. The molecule has 0 saturated carbocycles. The van der Waals surface area contributed by atoms with E-state index in [0.29, 0.717) is 10.8 Å². The molecule has 0 unspecified atom stereocenters. The quantitative estimate of drug-likeness (QED) is 0.129. The first-order chi connectivity index (χ1) is 23.8. The Bertz CT molecular complexity index is 2780. The molecule has 0 saturated heterocycles. The SMILES string of the molecule is Fc1c2ccccc2c(-c2ccc3c(c2)[se]c2cccc(-c4c5ccccc5c(-c5ccccc5)c5ccccc45)c23)c2ccccc12. The average Bonchev–Trinajstić information content (AvgIpc) is 3.53. The molecule has 2 heteroatoms. The van der Waals surface area contributed by atoms with Gasteiger partial charge in [-0.05, 0) is 0 Å². The van der Waals surface area contributed by atoms with E-state index in [-0.39, 0.29) is 20.3 Å². The van der Waals surface area contributed by atoms with Crippen molar-refractivity contribution in [3.8, 4) is 33.4 Å². The van der Waals surface area contributed by atoms with Gasteiger partial charge in [0.25, 0.3) is 0 Å². The zero-order chi connectivity index (χ0) is 31.8. The van der Waals surface area contributed by atoms with Crippen LogP contribution in [0.4, 0.5) is 4.39 Å². The molecule has 0 amide bonds. The summed E-state index contributed by atoms with van der Waals surface area (Å²) in [4.78, 5) is 0. The first-order valence-corrected chi connectivity index (χ1v) is 18.0. The Kier molecular flexibility index (Phi) is 6.18. The number of hydrogen-bond donors (Lipinski definition) is 0. The summed E-state index contributed by atoms with van der Waals surface area (Å²) in [6.07, 6.45) is 0. The van der Waals surface area contributed by atoms with Gasteiger partial charge in [-0.25, -0.2) is 0 Å². The van der Waals surface area contributed by atoms with Crippen LogP contribution in [0.15, 0.2) is 164 Å². The minimum atomic E-state index is -0.148. The molecule has 1 aromatic heterocycles. The molecular formula is C46H27FSe. The van der Waals surface area contributed by atoms with Crippen molar-refractivity contribution in [2.45, 2.75) is 0 Å². The van der Waals surface area contributed by atoms with Gasteiger partial charge in [-0.15, -0.1) is 0 Å². The first-order valence-electron chi connectivity index (χ1n) is 16.3. The third-order valence-electron chi connectivity index (χ3n) is 9.91. The van der Waals surface area contributed by atoms with Crippen LogP contribution in [0.3, 0.4) is 0 Å². The van der Waals surface area contributed by atoms with Crippen LogP contribution in [0.1, 0.15) is 0 Å². The van der Waals surface area contributed by atoms with Gasteiger partial charge in [-0.1, -0.05) is 0 Å². The topological polar surface area (TPSA) is 0 Å². The fourth-order valence-electron chi connectivity index (χ4n) is 7.91. The van der Waals surface area contributed by atoms with Crippen molar-refractivity contribution in [1.29, 1.82) is 0 Å². The predicted octanol–water partition coefficient (Wildman–Crippen LogP) is 12.8. The molecule has 9 aromatic carbocycles. The predicted molar refractivity (Wildman–Crippen MR) is 205 cm³/mol. The fourth-order valence-corrected chi connectivity index (χ4v) is 10.4. The normalized spacial score (nSPS) is 11.9. The van der Waals surface area contributed by atoms with Crippen molar-refractivity contribution >= 4 is 76.9 Å². The average molecular weight is 678 g/mol. The van der Waals surface area contributed by atoms with Crippen LogP contribution < -0.4 is 0 Å². The van der Waals surface area contributed by atoms with Crippen LogP contribution >= 0.6 is 0 Å². The monoisotopic (exact) mass is 678 g/mol. The molecule has 0 spiro atoms.